The van der Waals surface area contributed by atoms with Crippen LogP contribution in [-0.4, -0.2) is 19.7 Å². The molecule has 0 saturated carbocycles. The van der Waals surface area contributed by atoms with E-state index in [2.05, 4.69) is 19.2 Å². The van der Waals surface area contributed by atoms with Crippen molar-refractivity contribution in [2.75, 3.05) is 19.7 Å². The Labute approximate surface area is 101 Å². The fourth-order valence-electron chi connectivity index (χ4n) is 1.25. The number of rotatable bonds is 6. The SMILES string of the molecule is CCNCC(C)COc1ccc(F)c(Cl)c1. The summed E-state index contributed by atoms with van der Waals surface area (Å²) in [6.07, 6.45) is 0. The maximum Gasteiger partial charge on any atom is 0.142 e. The van der Waals surface area contributed by atoms with Crippen molar-refractivity contribution < 1.29 is 9.13 Å². The second kappa shape index (κ2) is 6.71. The van der Waals surface area contributed by atoms with E-state index in [0.29, 0.717) is 18.3 Å². The van der Waals surface area contributed by atoms with Gasteiger partial charge in [0, 0.05) is 18.5 Å². The maximum absolute atomic E-state index is 12.9. The molecule has 0 spiro atoms. The minimum Gasteiger partial charge on any atom is -0.493 e. The Hall–Kier alpha value is -0.800. The first-order chi connectivity index (χ1) is 7.63. The van der Waals surface area contributed by atoms with Gasteiger partial charge in [-0.3, -0.25) is 0 Å². The zero-order valence-corrected chi connectivity index (χ0v) is 10.4. The lowest BCUT2D eigenvalue weighted by atomic mass is 10.2. The number of ether oxygens (including phenoxy) is 1. The van der Waals surface area contributed by atoms with Crippen LogP contribution in [0.25, 0.3) is 0 Å². The van der Waals surface area contributed by atoms with E-state index in [0.717, 1.165) is 13.1 Å². The number of nitrogens with one attached hydrogen (secondary N) is 1. The zero-order valence-electron chi connectivity index (χ0n) is 9.59. The topological polar surface area (TPSA) is 21.3 Å². The van der Waals surface area contributed by atoms with Crippen molar-refractivity contribution in [1.82, 2.24) is 5.32 Å². The molecule has 2 nitrogen and oxygen atoms in total. The molecule has 16 heavy (non-hydrogen) atoms. The summed E-state index contributed by atoms with van der Waals surface area (Å²) in [7, 11) is 0. The predicted molar refractivity (Wildman–Crippen MR) is 64.6 cm³/mol. The van der Waals surface area contributed by atoms with Gasteiger partial charge in [-0.05, 0) is 18.7 Å². The van der Waals surface area contributed by atoms with Crippen LogP contribution in [-0.2, 0) is 0 Å². The van der Waals surface area contributed by atoms with Crippen molar-refractivity contribution in [3.63, 3.8) is 0 Å². The average molecular weight is 246 g/mol. The van der Waals surface area contributed by atoms with E-state index in [1.165, 1.54) is 12.1 Å². The third-order valence-electron chi connectivity index (χ3n) is 2.17. The molecule has 0 radical (unpaired) electrons. The van der Waals surface area contributed by atoms with Crippen molar-refractivity contribution in [2.24, 2.45) is 5.92 Å². The summed E-state index contributed by atoms with van der Waals surface area (Å²) in [5, 5.41) is 3.33. The molecule has 0 amide bonds. The lowest BCUT2D eigenvalue weighted by Crippen LogP contribution is -2.24. The second-order valence-electron chi connectivity index (χ2n) is 3.80. The summed E-state index contributed by atoms with van der Waals surface area (Å²) >= 11 is 5.65. The monoisotopic (exact) mass is 245 g/mol. The summed E-state index contributed by atoms with van der Waals surface area (Å²) in [6.45, 7) is 6.61. The van der Waals surface area contributed by atoms with E-state index in [9.17, 15) is 4.39 Å². The molecule has 0 heterocycles. The van der Waals surface area contributed by atoms with Crippen LogP contribution in [0.2, 0.25) is 5.02 Å². The highest BCUT2D eigenvalue weighted by molar-refractivity contribution is 6.30. The highest BCUT2D eigenvalue weighted by Gasteiger charge is 2.04. The van der Waals surface area contributed by atoms with E-state index < -0.39 is 5.82 Å². The van der Waals surface area contributed by atoms with Crippen LogP contribution in [0.4, 0.5) is 4.39 Å². The molecule has 1 atom stereocenters. The Kier molecular flexibility index (Phi) is 5.56. The smallest absolute Gasteiger partial charge is 0.142 e. The van der Waals surface area contributed by atoms with Crippen molar-refractivity contribution in [3.8, 4) is 5.75 Å². The molecule has 0 aliphatic rings. The largest absolute Gasteiger partial charge is 0.493 e. The summed E-state index contributed by atoms with van der Waals surface area (Å²) in [4.78, 5) is 0. The van der Waals surface area contributed by atoms with Gasteiger partial charge in [0.1, 0.15) is 11.6 Å². The van der Waals surface area contributed by atoms with Gasteiger partial charge in [-0.1, -0.05) is 25.4 Å². The third-order valence-corrected chi connectivity index (χ3v) is 2.46. The number of benzene rings is 1. The fourth-order valence-corrected chi connectivity index (χ4v) is 1.43. The van der Waals surface area contributed by atoms with E-state index in [4.69, 9.17) is 16.3 Å². The highest BCUT2D eigenvalue weighted by atomic mass is 35.5. The Morgan fingerprint density at radius 3 is 2.88 bits per heavy atom. The molecule has 4 heteroatoms. The van der Waals surface area contributed by atoms with E-state index in [1.54, 1.807) is 6.07 Å². The van der Waals surface area contributed by atoms with Crippen molar-refractivity contribution in [2.45, 2.75) is 13.8 Å². The standard InChI is InChI=1S/C12H17ClFNO/c1-3-15-7-9(2)8-16-10-4-5-12(14)11(13)6-10/h4-6,9,15H,3,7-8H2,1-2H3. The van der Waals surface area contributed by atoms with Gasteiger partial charge in [0.05, 0.1) is 11.6 Å². The van der Waals surface area contributed by atoms with Gasteiger partial charge in [0.15, 0.2) is 0 Å². The zero-order chi connectivity index (χ0) is 12.0. The minimum atomic E-state index is -0.422. The molecule has 0 aliphatic carbocycles. The van der Waals surface area contributed by atoms with Crippen LogP contribution in [0.15, 0.2) is 18.2 Å². The molecule has 0 aromatic heterocycles. The molecule has 0 bridgehead atoms. The van der Waals surface area contributed by atoms with E-state index in [1.807, 2.05) is 0 Å². The van der Waals surface area contributed by atoms with Crippen molar-refractivity contribution in [1.29, 1.82) is 0 Å². The normalized spacial score (nSPS) is 12.5. The Bertz CT molecular complexity index is 333. The molecular weight excluding hydrogens is 229 g/mol. The molecule has 1 aromatic rings. The van der Waals surface area contributed by atoms with Crippen LogP contribution in [0.5, 0.6) is 5.75 Å². The second-order valence-corrected chi connectivity index (χ2v) is 4.21. The molecule has 0 saturated heterocycles. The fraction of sp³-hybridized carbons (Fsp3) is 0.500. The first-order valence-electron chi connectivity index (χ1n) is 5.42. The number of hydrogen-bond donors (Lipinski definition) is 1. The summed E-state index contributed by atoms with van der Waals surface area (Å²) in [6, 6.07) is 4.39. The molecule has 1 aromatic carbocycles. The first kappa shape index (κ1) is 13.3. The molecule has 1 unspecified atom stereocenters. The predicted octanol–water partition coefficient (Wildman–Crippen LogP) is 3.10. The van der Waals surface area contributed by atoms with Crippen LogP contribution in [0.1, 0.15) is 13.8 Å². The van der Waals surface area contributed by atoms with Gasteiger partial charge in [0.2, 0.25) is 0 Å². The Balaban J connectivity index is 2.39. The van der Waals surface area contributed by atoms with Crippen LogP contribution in [0.3, 0.4) is 0 Å². The van der Waals surface area contributed by atoms with Gasteiger partial charge in [-0.2, -0.15) is 0 Å². The average Bonchev–Trinajstić information content (AvgIpc) is 2.28. The highest BCUT2D eigenvalue weighted by Crippen LogP contribution is 2.21. The summed E-state index contributed by atoms with van der Waals surface area (Å²) in [5.41, 5.74) is 0. The van der Waals surface area contributed by atoms with Gasteiger partial charge in [-0.15, -0.1) is 0 Å². The number of halogens is 2. The van der Waals surface area contributed by atoms with E-state index >= 15 is 0 Å². The molecule has 1 N–H and O–H groups in total. The van der Waals surface area contributed by atoms with Gasteiger partial charge in [0.25, 0.3) is 0 Å². The van der Waals surface area contributed by atoms with E-state index in [-0.39, 0.29) is 5.02 Å². The summed E-state index contributed by atoms with van der Waals surface area (Å²) in [5.74, 6) is 0.591. The summed E-state index contributed by atoms with van der Waals surface area (Å²) < 4.78 is 18.4. The van der Waals surface area contributed by atoms with Crippen LogP contribution < -0.4 is 10.1 Å². The number of hydrogen-bond acceptors (Lipinski definition) is 2. The molecule has 1 rings (SSSR count). The van der Waals surface area contributed by atoms with Crippen molar-refractivity contribution >= 4 is 11.6 Å². The Morgan fingerprint density at radius 1 is 1.50 bits per heavy atom. The van der Waals surface area contributed by atoms with Gasteiger partial charge >= 0.3 is 0 Å². The van der Waals surface area contributed by atoms with Crippen molar-refractivity contribution in [3.05, 3.63) is 29.0 Å². The third kappa shape index (κ3) is 4.37. The van der Waals surface area contributed by atoms with Gasteiger partial charge < -0.3 is 10.1 Å². The van der Waals surface area contributed by atoms with Gasteiger partial charge in [-0.25, -0.2) is 4.39 Å². The molecule has 90 valence electrons. The minimum absolute atomic E-state index is 0.0943. The molecular formula is C12H17ClFNO. The quantitative estimate of drug-likeness (QED) is 0.832. The lowest BCUT2D eigenvalue weighted by molar-refractivity contribution is 0.256. The molecule has 0 aliphatic heterocycles. The van der Waals surface area contributed by atoms with Crippen LogP contribution >= 0.6 is 11.6 Å². The first-order valence-corrected chi connectivity index (χ1v) is 5.79. The lowest BCUT2D eigenvalue weighted by Gasteiger charge is -2.13. The van der Waals surface area contributed by atoms with Crippen LogP contribution in [0, 0.1) is 11.7 Å². The Morgan fingerprint density at radius 2 is 2.25 bits per heavy atom. The molecule has 0 fully saturated rings. The maximum atomic E-state index is 12.9.